The Hall–Kier alpha value is -2.27. The van der Waals surface area contributed by atoms with E-state index in [0.717, 1.165) is 12.3 Å². The van der Waals surface area contributed by atoms with Crippen LogP contribution in [0, 0.1) is 0 Å². The third-order valence-corrected chi connectivity index (χ3v) is 5.15. The molecule has 1 spiro atoms. The van der Waals surface area contributed by atoms with Crippen molar-refractivity contribution in [1.29, 1.82) is 0 Å². The molecular weight excluding hydrogens is 379 g/mol. The maximum absolute atomic E-state index is 12.9. The number of hydrogen-bond donors (Lipinski definition) is 4. The Balaban J connectivity index is 1.67. The van der Waals surface area contributed by atoms with Crippen LogP contribution in [-0.4, -0.2) is 55.2 Å². The van der Waals surface area contributed by atoms with Crippen LogP contribution >= 0.6 is 0 Å². The van der Waals surface area contributed by atoms with E-state index in [9.17, 15) is 28.5 Å². The molecule has 1 saturated heterocycles. The molecule has 2 heterocycles. The number of hydrogen-bond acceptors (Lipinski definition) is 7. The lowest BCUT2D eigenvalue weighted by Crippen LogP contribution is -2.59. The average Bonchev–Trinajstić information content (AvgIpc) is 3.32. The van der Waals surface area contributed by atoms with Crippen molar-refractivity contribution in [3.05, 3.63) is 53.9 Å². The van der Waals surface area contributed by atoms with Gasteiger partial charge >= 0.3 is 6.18 Å². The summed E-state index contributed by atoms with van der Waals surface area (Å²) in [7, 11) is 0. The molecule has 2 unspecified atom stereocenters. The molecule has 2 aliphatic rings. The predicted molar refractivity (Wildman–Crippen MR) is 90.1 cm³/mol. The van der Waals surface area contributed by atoms with Crippen molar-refractivity contribution >= 4 is 5.95 Å². The summed E-state index contributed by atoms with van der Waals surface area (Å²) in [4.78, 5) is 7.23. The highest BCUT2D eigenvalue weighted by Crippen LogP contribution is 2.52. The van der Waals surface area contributed by atoms with E-state index in [1.54, 1.807) is 30.3 Å². The zero-order chi connectivity index (χ0) is 20.1. The first-order chi connectivity index (χ1) is 13.2. The lowest BCUT2D eigenvalue weighted by atomic mass is 9.87. The summed E-state index contributed by atoms with van der Waals surface area (Å²) in [5.41, 5.74) is -1.81. The number of nitrogens with zero attached hydrogens (tertiary/aromatic N) is 2. The molecule has 0 bridgehead atoms. The van der Waals surface area contributed by atoms with E-state index in [1.807, 2.05) is 0 Å². The maximum Gasteiger partial charge on any atom is 0.433 e. The molecule has 1 aliphatic heterocycles. The van der Waals surface area contributed by atoms with Crippen molar-refractivity contribution in [3.8, 4) is 0 Å². The highest BCUT2D eigenvalue weighted by molar-refractivity contribution is 5.34. The zero-order valence-electron chi connectivity index (χ0n) is 14.4. The molecule has 0 radical (unpaired) electrons. The summed E-state index contributed by atoms with van der Waals surface area (Å²) in [6, 6.07) is 8.39. The Morgan fingerprint density at radius 3 is 2.39 bits per heavy atom. The van der Waals surface area contributed by atoms with Crippen LogP contribution in [0.15, 0.2) is 42.6 Å². The van der Waals surface area contributed by atoms with Crippen molar-refractivity contribution in [2.45, 2.75) is 48.7 Å². The molecule has 1 aromatic carbocycles. The van der Waals surface area contributed by atoms with Crippen LogP contribution in [0.5, 0.6) is 0 Å². The SMILES string of the molecule is OC1CC12O[C@H](c1ccccc1)[C@H](Nc1nccc(C(F)(F)F)n1)[C@@H](O)[C@H]2O. The fourth-order valence-electron chi connectivity index (χ4n) is 3.55. The molecule has 0 amide bonds. The second-order valence-electron chi connectivity index (χ2n) is 6.99. The first-order valence-electron chi connectivity index (χ1n) is 8.66. The van der Waals surface area contributed by atoms with E-state index < -0.39 is 47.9 Å². The van der Waals surface area contributed by atoms with E-state index in [1.165, 1.54) is 0 Å². The maximum atomic E-state index is 12.9. The quantitative estimate of drug-likeness (QED) is 0.618. The number of alkyl halides is 3. The number of benzene rings is 1. The van der Waals surface area contributed by atoms with Crippen LogP contribution in [-0.2, 0) is 10.9 Å². The highest BCUT2D eigenvalue weighted by atomic mass is 19.4. The van der Waals surface area contributed by atoms with Crippen LogP contribution in [0.1, 0.15) is 23.8 Å². The average molecular weight is 397 g/mol. The summed E-state index contributed by atoms with van der Waals surface area (Å²) in [6.07, 6.45) is -8.19. The van der Waals surface area contributed by atoms with Crippen LogP contribution in [0.2, 0.25) is 0 Å². The highest BCUT2D eigenvalue weighted by Gasteiger charge is 2.67. The second kappa shape index (κ2) is 6.66. The number of nitrogens with one attached hydrogen (secondary N) is 1. The first-order valence-corrected chi connectivity index (χ1v) is 8.66. The van der Waals surface area contributed by atoms with E-state index in [0.29, 0.717) is 5.56 Å². The molecule has 28 heavy (non-hydrogen) atoms. The van der Waals surface area contributed by atoms with Crippen molar-refractivity contribution in [2.75, 3.05) is 5.32 Å². The Bertz CT molecular complexity index is 853. The Labute approximate surface area is 157 Å². The molecule has 150 valence electrons. The summed E-state index contributed by atoms with van der Waals surface area (Å²) in [5.74, 6) is -0.358. The normalized spacial score (nSPS) is 35.0. The van der Waals surface area contributed by atoms with Crippen LogP contribution in [0.3, 0.4) is 0 Å². The molecule has 2 fully saturated rings. The molecule has 10 heteroatoms. The van der Waals surface area contributed by atoms with Gasteiger partial charge in [0.15, 0.2) is 0 Å². The van der Waals surface area contributed by atoms with Gasteiger partial charge in [-0.2, -0.15) is 13.2 Å². The Morgan fingerprint density at radius 1 is 1.11 bits per heavy atom. The lowest BCUT2D eigenvalue weighted by Gasteiger charge is -2.44. The van der Waals surface area contributed by atoms with Gasteiger partial charge < -0.3 is 25.4 Å². The summed E-state index contributed by atoms with van der Waals surface area (Å²) in [6.45, 7) is 0. The van der Waals surface area contributed by atoms with Crippen molar-refractivity contribution in [1.82, 2.24) is 9.97 Å². The van der Waals surface area contributed by atoms with Crippen LogP contribution in [0.4, 0.5) is 19.1 Å². The molecule has 2 aromatic rings. The molecule has 4 rings (SSSR count). The fraction of sp³-hybridized carbons (Fsp3) is 0.444. The van der Waals surface area contributed by atoms with E-state index in [-0.39, 0.29) is 12.4 Å². The van der Waals surface area contributed by atoms with Crippen molar-refractivity contribution < 1.29 is 33.2 Å². The number of rotatable bonds is 3. The van der Waals surface area contributed by atoms with Gasteiger partial charge in [0.25, 0.3) is 0 Å². The third-order valence-electron chi connectivity index (χ3n) is 5.15. The molecular formula is C18H18F3N3O4. The van der Waals surface area contributed by atoms with Gasteiger partial charge in [-0.05, 0) is 11.6 Å². The van der Waals surface area contributed by atoms with Gasteiger partial charge in [0.05, 0.1) is 12.1 Å². The lowest BCUT2D eigenvalue weighted by molar-refractivity contribution is -0.202. The number of aliphatic hydroxyl groups excluding tert-OH is 3. The predicted octanol–water partition coefficient (Wildman–Crippen LogP) is 1.27. The number of ether oxygens (including phenoxy) is 1. The third kappa shape index (κ3) is 3.22. The van der Waals surface area contributed by atoms with Gasteiger partial charge in [-0.25, -0.2) is 9.97 Å². The van der Waals surface area contributed by atoms with Crippen molar-refractivity contribution in [3.63, 3.8) is 0 Å². The smallest absolute Gasteiger partial charge is 0.390 e. The number of anilines is 1. The van der Waals surface area contributed by atoms with Gasteiger partial charge in [-0.3, -0.25) is 0 Å². The monoisotopic (exact) mass is 397 g/mol. The van der Waals surface area contributed by atoms with E-state index in [4.69, 9.17) is 4.74 Å². The number of aliphatic hydroxyl groups is 3. The standard InChI is InChI=1S/C18H18F3N3O4/c19-18(20,21)10-6-7-22-16(23-10)24-12-13(26)15(27)17(8-11(17)25)28-14(12)9-4-2-1-3-5-9/h1-7,11-15,25-27H,8H2,(H,22,23,24)/t11?,12-,13-,14-,15-,17?/m1/s1. The summed E-state index contributed by atoms with van der Waals surface area (Å²) in [5, 5.41) is 33.7. The van der Waals surface area contributed by atoms with Crippen LogP contribution < -0.4 is 5.32 Å². The molecule has 4 N–H and O–H groups in total. The number of aromatic nitrogens is 2. The molecule has 7 nitrogen and oxygen atoms in total. The largest absolute Gasteiger partial charge is 0.433 e. The zero-order valence-corrected chi connectivity index (χ0v) is 14.4. The number of halogens is 3. The minimum Gasteiger partial charge on any atom is -0.390 e. The van der Waals surface area contributed by atoms with E-state index >= 15 is 0 Å². The van der Waals surface area contributed by atoms with Crippen LogP contribution in [0.25, 0.3) is 0 Å². The van der Waals surface area contributed by atoms with Gasteiger partial charge in [0.2, 0.25) is 5.95 Å². The Morgan fingerprint density at radius 2 is 1.79 bits per heavy atom. The fourth-order valence-corrected chi connectivity index (χ4v) is 3.55. The second-order valence-corrected chi connectivity index (χ2v) is 6.99. The first kappa shape index (κ1) is 19.1. The summed E-state index contributed by atoms with van der Waals surface area (Å²) >= 11 is 0. The topological polar surface area (TPSA) is 108 Å². The van der Waals surface area contributed by atoms with Crippen molar-refractivity contribution in [2.24, 2.45) is 0 Å². The van der Waals surface area contributed by atoms with Gasteiger partial charge in [-0.15, -0.1) is 0 Å². The van der Waals surface area contributed by atoms with Gasteiger partial charge in [0.1, 0.15) is 29.6 Å². The van der Waals surface area contributed by atoms with Gasteiger partial charge in [0, 0.05) is 12.6 Å². The van der Waals surface area contributed by atoms with Gasteiger partial charge in [-0.1, -0.05) is 30.3 Å². The molecule has 6 atom stereocenters. The summed E-state index contributed by atoms with van der Waals surface area (Å²) < 4.78 is 44.7. The minimum absolute atomic E-state index is 0.154. The Kier molecular flexibility index (Phi) is 4.53. The van der Waals surface area contributed by atoms with E-state index in [2.05, 4.69) is 15.3 Å². The molecule has 1 aromatic heterocycles. The molecule has 1 saturated carbocycles. The molecule has 1 aliphatic carbocycles. The minimum atomic E-state index is -4.65.